The molecule has 0 heterocycles. The Morgan fingerprint density at radius 3 is 2.33 bits per heavy atom. The molecular weight excluding hydrogens is 132 g/mol. The van der Waals surface area contributed by atoms with E-state index in [0.29, 0.717) is 0 Å². The molecule has 0 aromatic carbocycles. The predicted octanol–water partition coefficient (Wildman–Crippen LogP) is 2.07. The maximum atomic E-state index is 9.82. The Bertz CT molecular complexity index is 63.9. The quantitative estimate of drug-likeness (QED) is 0.345. The van der Waals surface area contributed by atoms with Crippen LogP contribution in [0.4, 0.5) is 0 Å². The molecule has 0 aromatic heterocycles. The van der Waals surface area contributed by atoms with E-state index in [1.807, 2.05) is 0 Å². The first-order valence-corrected chi connectivity index (χ1v) is 4.09. The second-order valence-corrected chi connectivity index (χ2v) is 2.54. The van der Waals surface area contributed by atoms with Crippen LogP contribution in [-0.2, 0) is 4.79 Å². The molecule has 0 rings (SSSR count). The average Bonchev–Trinajstić information content (AvgIpc) is 1.89. The minimum atomic E-state index is 0.729. The lowest BCUT2D eigenvalue weighted by Crippen LogP contribution is -1.79. The summed E-state index contributed by atoms with van der Waals surface area (Å²) in [6.45, 7) is 0. The largest absolute Gasteiger partial charge is 0.303 e. The highest BCUT2D eigenvalue weighted by molar-refractivity contribution is 7.80. The van der Waals surface area contributed by atoms with Gasteiger partial charge in [0.15, 0.2) is 0 Å². The molecule has 0 aliphatic rings. The van der Waals surface area contributed by atoms with Crippen LogP contribution in [0.5, 0.6) is 0 Å². The fraction of sp³-hybridized carbons (Fsp3) is 0.857. The molecule has 0 aliphatic carbocycles. The fourth-order valence-corrected chi connectivity index (χ4v) is 0.917. The second kappa shape index (κ2) is 8.02. The van der Waals surface area contributed by atoms with E-state index in [-0.39, 0.29) is 0 Å². The third-order valence-electron chi connectivity index (χ3n) is 1.23. The maximum Gasteiger partial charge on any atom is 0.119 e. The lowest BCUT2D eigenvalue weighted by atomic mass is 10.2. The van der Waals surface area contributed by atoms with Gasteiger partial charge in [-0.25, -0.2) is 0 Å². The van der Waals surface area contributed by atoms with Crippen molar-refractivity contribution in [2.75, 3.05) is 5.75 Å². The van der Waals surface area contributed by atoms with Crippen molar-refractivity contribution in [1.82, 2.24) is 0 Å². The van der Waals surface area contributed by atoms with E-state index in [2.05, 4.69) is 12.6 Å². The van der Waals surface area contributed by atoms with Crippen LogP contribution in [-0.4, -0.2) is 12.0 Å². The van der Waals surface area contributed by atoms with Crippen molar-refractivity contribution < 1.29 is 4.79 Å². The number of thiol groups is 1. The normalized spacial score (nSPS) is 9.44. The van der Waals surface area contributed by atoms with Gasteiger partial charge < -0.3 is 4.79 Å². The summed E-state index contributed by atoms with van der Waals surface area (Å²) in [5.41, 5.74) is 0. The molecule has 0 amide bonds. The first kappa shape index (κ1) is 9.02. The van der Waals surface area contributed by atoms with E-state index in [0.717, 1.165) is 24.9 Å². The average molecular weight is 146 g/mol. The summed E-state index contributed by atoms with van der Waals surface area (Å²) in [6, 6.07) is 0. The van der Waals surface area contributed by atoms with Gasteiger partial charge in [0.05, 0.1) is 0 Å². The summed E-state index contributed by atoms with van der Waals surface area (Å²) < 4.78 is 0. The van der Waals surface area contributed by atoms with Gasteiger partial charge in [-0.1, -0.05) is 12.8 Å². The zero-order valence-corrected chi connectivity index (χ0v) is 6.57. The van der Waals surface area contributed by atoms with E-state index >= 15 is 0 Å². The molecule has 0 spiro atoms. The lowest BCUT2D eigenvalue weighted by molar-refractivity contribution is -0.107. The summed E-state index contributed by atoms with van der Waals surface area (Å²) in [4.78, 5) is 9.82. The fourth-order valence-electron chi connectivity index (χ4n) is 0.693. The molecule has 0 fully saturated rings. The molecule has 0 saturated heterocycles. The van der Waals surface area contributed by atoms with Crippen LogP contribution >= 0.6 is 12.6 Å². The number of hydrogen-bond acceptors (Lipinski definition) is 2. The van der Waals surface area contributed by atoms with Gasteiger partial charge >= 0.3 is 0 Å². The van der Waals surface area contributed by atoms with Crippen LogP contribution in [0.3, 0.4) is 0 Å². The van der Waals surface area contributed by atoms with E-state index in [1.54, 1.807) is 0 Å². The maximum absolute atomic E-state index is 9.82. The van der Waals surface area contributed by atoms with Crippen LogP contribution in [0.25, 0.3) is 0 Å². The Morgan fingerprint density at radius 1 is 1.11 bits per heavy atom. The molecule has 0 atom stereocenters. The molecule has 0 bridgehead atoms. The summed E-state index contributed by atoms with van der Waals surface area (Å²) in [5.74, 6) is 0.973. The molecule has 0 aromatic rings. The van der Waals surface area contributed by atoms with E-state index in [9.17, 15) is 4.79 Å². The van der Waals surface area contributed by atoms with Crippen molar-refractivity contribution in [2.45, 2.75) is 32.1 Å². The highest BCUT2D eigenvalue weighted by atomic mass is 32.1. The number of carbonyl (C=O) groups is 1. The third kappa shape index (κ3) is 8.02. The smallest absolute Gasteiger partial charge is 0.119 e. The van der Waals surface area contributed by atoms with Gasteiger partial charge in [-0.2, -0.15) is 12.6 Å². The van der Waals surface area contributed by atoms with Crippen molar-refractivity contribution in [3.8, 4) is 0 Å². The topological polar surface area (TPSA) is 17.1 Å². The summed E-state index contributed by atoms with van der Waals surface area (Å²) in [6.07, 6.45) is 6.35. The number of hydrogen-bond donors (Lipinski definition) is 1. The first-order chi connectivity index (χ1) is 4.41. The van der Waals surface area contributed by atoms with Gasteiger partial charge in [0.1, 0.15) is 6.29 Å². The molecule has 2 heteroatoms. The van der Waals surface area contributed by atoms with Crippen LogP contribution in [0, 0.1) is 0 Å². The first-order valence-electron chi connectivity index (χ1n) is 3.46. The Balaban J connectivity index is 2.66. The van der Waals surface area contributed by atoms with Crippen molar-refractivity contribution in [1.29, 1.82) is 0 Å². The molecule has 0 unspecified atom stereocenters. The third-order valence-corrected chi connectivity index (χ3v) is 1.55. The zero-order chi connectivity index (χ0) is 6.95. The Kier molecular flexibility index (Phi) is 8.04. The van der Waals surface area contributed by atoms with Crippen LogP contribution < -0.4 is 0 Å². The molecule has 9 heavy (non-hydrogen) atoms. The Labute approximate surface area is 62.2 Å². The Hall–Kier alpha value is 0.0200. The minimum Gasteiger partial charge on any atom is -0.303 e. The molecule has 0 aliphatic heterocycles. The van der Waals surface area contributed by atoms with Crippen molar-refractivity contribution in [3.63, 3.8) is 0 Å². The van der Waals surface area contributed by atoms with Crippen molar-refractivity contribution in [2.24, 2.45) is 0 Å². The summed E-state index contributed by atoms with van der Waals surface area (Å²) >= 11 is 4.08. The zero-order valence-electron chi connectivity index (χ0n) is 5.68. The molecular formula is C7H14OS. The van der Waals surface area contributed by atoms with Crippen molar-refractivity contribution >= 4 is 18.9 Å². The van der Waals surface area contributed by atoms with E-state index in [4.69, 9.17) is 0 Å². The number of carbonyl (C=O) groups excluding carboxylic acids is 1. The van der Waals surface area contributed by atoms with Gasteiger partial charge in [-0.05, 0) is 18.6 Å². The van der Waals surface area contributed by atoms with Gasteiger partial charge in [0.25, 0.3) is 0 Å². The van der Waals surface area contributed by atoms with Crippen molar-refractivity contribution in [3.05, 3.63) is 0 Å². The molecule has 0 N–H and O–H groups in total. The number of unbranched alkanes of at least 4 members (excludes halogenated alkanes) is 4. The van der Waals surface area contributed by atoms with E-state index in [1.165, 1.54) is 19.3 Å². The predicted molar refractivity (Wildman–Crippen MR) is 43.0 cm³/mol. The second-order valence-electron chi connectivity index (χ2n) is 2.09. The monoisotopic (exact) mass is 146 g/mol. The number of aldehydes is 1. The van der Waals surface area contributed by atoms with E-state index < -0.39 is 0 Å². The van der Waals surface area contributed by atoms with Crippen LogP contribution in [0.2, 0.25) is 0 Å². The van der Waals surface area contributed by atoms with Gasteiger partial charge in [-0.15, -0.1) is 0 Å². The molecule has 54 valence electrons. The SMILES string of the molecule is O=CCCCCCCS. The van der Waals surface area contributed by atoms with Crippen LogP contribution in [0.15, 0.2) is 0 Å². The summed E-state index contributed by atoms with van der Waals surface area (Å²) in [5, 5.41) is 0. The Morgan fingerprint density at radius 2 is 1.78 bits per heavy atom. The van der Waals surface area contributed by atoms with Gasteiger partial charge in [-0.3, -0.25) is 0 Å². The van der Waals surface area contributed by atoms with Crippen LogP contribution in [0.1, 0.15) is 32.1 Å². The van der Waals surface area contributed by atoms with Gasteiger partial charge in [0, 0.05) is 6.42 Å². The molecule has 0 radical (unpaired) electrons. The minimum absolute atomic E-state index is 0.729. The molecule has 0 saturated carbocycles. The lowest BCUT2D eigenvalue weighted by Gasteiger charge is -1.93. The highest BCUT2D eigenvalue weighted by Gasteiger charge is 1.86. The molecule has 1 nitrogen and oxygen atoms in total. The van der Waals surface area contributed by atoms with Gasteiger partial charge in [0.2, 0.25) is 0 Å². The number of rotatable bonds is 6. The standard InChI is InChI=1S/C7H14OS/c8-6-4-2-1-3-5-7-9/h6,9H,1-5,7H2. The highest BCUT2D eigenvalue weighted by Crippen LogP contribution is 2.01. The summed E-state index contributed by atoms with van der Waals surface area (Å²) in [7, 11) is 0.